The van der Waals surface area contributed by atoms with Crippen molar-refractivity contribution < 1.29 is 4.52 Å². The highest BCUT2D eigenvalue weighted by molar-refractivity contribution is 5.97. The fourth-order valence-corrected chi connectivity index (χ4v) is 3.59. The first-order valence-corrected chi connectivity index (χ1v) is 8.91. The first kappa shape index (κ1) is 16.2. The first-order chi connectivity index (χ1) is 12.1. The number of hydrogen-bond acceptors (Lipinski definition) is 6. The Labute approximate surface area is 146 Å². The fraction of sp³-hybridized carbons (Fsp3) is 0.556. The van der Waals surface area contributed by atoms with Crippen molar-refractivity contribution in [2.45, 2.75) is 52.6 Å². The van der Waals surface area contributed by atoms with E-state index >= 15 is 0 Å². The third kappa shape index (κ3) is 3.16. The summed E-state index contributed by atoms with van der Waals surface area (Å²) in [6.45, 7) is 6.94. The Bertz CT molecular complexity index is 861. The van der Waals surface area contributed by atoms with Crippen molar-refractivity contribution in [3.8, 4) is 0 Å². The van der Waals surface area contributed by atoms with Gasteiger partial charge in [0.2, 0.25) is 0 Å². The zero-order chi connectivity index (χ0) is 17.4. The Morgan fingerprint density at radius 1 is 1.24 bits per heavy atom. The number of H-pyrrole nitrogens is 1. The smallest absolute Gasteiger partial charge is 0.255 e. The van der Waals surface area contributed by atoms with E-state index in [1.54, 1.807) is 0 Å². The molecule has 0 bridgehead atoms. The molecule has 2 aliphatic rings. The summed E-state index contributed by atoms with van der Waals surface area (Å²) in [6.07, 6.45) is 3.92. The van der Waals surface area contributed by atoms with Crippen molar-refractivity contribution >= 4 is 5.71 Å². The summed E-state index contributed by atoms with van der Waals surface area (Å²) in [4.78, 5) is 27.1. The maximum Gasteiger partial charge on any atom is 0.255 e. The molecule has 2 aliphatic heterocycles. The number of nitrogens with zero attached hydrogens (tertiary/aromatic N) is 4. The van der Waals surface area contributed by atoms with Gasteiger partial charge in [-0.3, -0.25) is 14.7 Å². The van der Waals surface area contributed by atoms with Gasteiger partial charge >= 0.3 is 0 Å². The number of aryl methyl sites for hydroxylation is 2. The van der Waals surface area contributed by atoms with Gasteiger partial charge in [0, 0.05) is 38.2 Å². The molecule has 0 atom stereocenters. The van der Waals surface area contributed by atoms with E-state index < -0.39 is 0 Å². The molecule has 0 spiro atoms. The number of fused-ring (bicyclic) bond motifs is 1. The van der Waals surface area contributed by atoms with Gasteiger partial charge in [-0.25, -0.2) is 4.98 Å². The molecule has 4 heterocycles. The molecule has 2 aromatic heterocycles. The first-order valence-electron chi connectivity index (χ1n) is 8.91. The molecule has 0 amide bonds. The standard InChI is InChI=1S/C18H23N5O2/c1-11-13(12(2)25-22-11)9-23-8-6-15-14(10-23)18(24)21-17(20-15)16-5-3-4-7-19-16/h3-10H2,1-2H3,(H,20,21,24). The quantitative estimate of drug-likeness (QED) is 0.921. The van der Waals surface area contributed by atoms with E-state index in [2.05, 4.69) is 20.0 Å². The molecule has 132 valence electrons. The molecule has 0 saturated carbocycles. The summed E-state index contributed by atoms with van der Waals surface area (Å²) in [5.41, 5.74) is 4.64. The second-order valence-corrected chi connectivity index (χ2v) is 6.89. The number of hydrogen-bond donors (Lipinski definition) is 1. The fourth-order valence-electron chi connectivity index (χ4n) is 3.59. The van der Waals surface area contributed by atoms with Crippen LogP contribution in [0.5, 0.6) is 0 Å². The van der Waals surface area contributed by atoms with Gasteiger partial charge in [-0.05, 0) is 33.1 Å². The van der Waals surface area contributed by atoms with Crippen LogP contribution in [-0.4, -0.2) is 38.8 Å². The number of aliphatic imine (C=N–C) groups is 1. The van der Waals surface area contributed by atoms with Gasteiger partial charge in [-0.1, -0.05) is 5.16 Å². The Morgan fingerprint density at radius 3 is 2.84 bits per heavy atom. The molecular formula is C18H23N5O2. The summed E-state index contributed by atoms with van der Waals surface area (Å²) in [6, 6.07) is 0. The van der Waals surface area contributed by atoms with Crippen LogP contribution in [0.15, 0.2) is 14.3 Å². The van der Waals surface area contributed by atoms with E-state index in [1.165, 1.54) is 0 Å². The van der Waals surface area contributed by atoms with Crippen LogP contribution in [-0.2, 0) is 19.5 Å². The lowest BCUT2D eigenvalue weighted by Gasteiger charge is -2.27. The Hall–Kier alpha value is -2.28. The third-order valence-electron chi connectivity index (χ3n) is 5.11. The minimum atomic E-state index is -0.0308. The lowest BCUT2D eigenvalue weighted by molar-refractivity contribution is 0.239. The molecular weight excluding hydrogens is 318 g/mol. The second kappa shape index (κ2) is 6.55. The van der Waals surface area contributed by atoms with Crippen LogP contribution in [0.3, 0.4) is 0 Å². The molecule has 0 fully saturated rings. The minimum absolute atomic E-state index is 0.0308. The molecule has 7 heteroatoms. The summed E-state index contributed by atoms with van der Waals surface area (Å²) in [7, 11) is 0. The highest BCUT2D eigenvalue weighted by atomic mass is 16.5. The molecule has 0 unspecified atom stereocenters. The number of aromatic amines is 1. The Kier molecular flexibility index (Phi) is 4.25. The third-order valence-corrected chi connectivity index (χ3v) is 5.11. The monoisotopic (exact) mass is 341 g/mol. The second-order valence-electron chi connectivity index (χ2n) is 6.89. The predicted molar refractivity (Wildman–Crippen MR) is 93.9 cm³/mol. The maximum atomic E-state index is 12.6. The SMILES string of the molecule is Cc1noc(C)c1CN1CCc2nc(C3=NCCCC3)[nH]c(=O)c2C1. The molecule has 0 aromatic carbocycles. The molecule has 0 aliphatic carbocycles. The van der Waals surface area contributed by atoms with E-state index in [-0.39, 0.29) is 5.56 Å². The van der Waals surface area contributed by atoms with Crippen molar-refractivity contribution in [3.63, 3.8) is 0 Å². The van der Waals surface area contributed by atoms with Crippen molar-refractivity contribution in [2.75, 3.05) is 13.1 Å². The van der Waals surface area contributed by atoms with Crippen molar-refractivity contribution in [2.24, 2.45) is 4.99 Å². The van der Waals surface area contributed by atoms with Crippen LogP contribution >= 0.6 is 0 Å². The van der Waals surface area contributed by atoms with Gasteiger partial charge in [-0.2, -0.15) is 0 Å². The van der Waals surface area contributed by atoms with Crippen LogP contribution in [0.2, 0.25) is 0 Å². The summed E-state index contributed by atoms with van der Waals surface area (Å²) in [5, 5.41) is 4.01. The lowest BCUT2D eigenvalue weighted by atomic mass is 10.0. The Morgan fingerprint density at radius 2 is 2.12 bits per heavy atom. The lowest BCUT2D eigenvalue weighted by Crippen LogP contribution is -2.36. The normalized spacial score (nSPS) is 18.1. The zero-order valence-corrected chi connectivity index (χ0v) is 14.8. The van der Waals surface area contributed by atoms with Crippen LogP contribution in [0.1, 0.15) is 53.4 Å². The predicted octanol–water partition coefficient (Wildman–Crippen LogP) is 1.91. The average Bonchev–Trinajstić information content (AvgIpc) is 2.95. The molecule has 4 rings (SSSR count). The Balaban J connectivity index is 1.57. The molecule has 1 N–H and O–H groups in total. The van der Waals surface area contributed by atoms with Crippen molar-refractivity contribution in [1.82, 2.24) is 20.0 Å². The van der Waals surface area contributed by atoms with E-state index in [1.807, 2.05) is 13.8 Å². The van der Waals surface area contributed by atoms with Crippen molar-refractivity contribution in [3.05, 3.63) is 44.5 Å². The van der Waals surface area contributed by atoms with Gasteiger partial charge in [-0.15, -0.1) is 0 Å². The number of nitrogens with one attached hydrogen (secondary N) is 1. The molecule has 2 aromatic rings. The van der Waals surface area contributed by atoms with Crippen LogP contribution in [0.4, 0.5) is 0 Å². The average molecular weight is 341 g/mol. The topological polar surface area (TPSA) is 87.4 Å². The van der Waals surface area contributed by atoms with Crippen molar-refractivity contribution in [1.29, 1.82) is 0 Å². The molecule has 25 heavy (non-hydrogen) atoms. The van der Waals surface area contributed by atoms with Gasteiger partial charge < -0.3 is 9.51 Å². The van der Waals surface area contributed by atoms with E-state index in [4.69, 9.17) is 9.51 Å². The van der Waals surface area contributed by atoms with Gasteiger partial charge in [0.15, 0.2) is 5.82 Å². The molecule has 7 nitrogen and oxygen atoms in total. The number of rotatable bonds is 3. The van der Waals surface area contributed by atoms with Crippen LogP contribution in [0.25, 0.3) is 0 Å². The van der Waals surface area contributed by atoms with Crippen LogP contribution < -0.4 is 5.56 Å². The molecule has 0 saturated heterocycles. The summed E-state index contributed by atoms with van der Waals surface area (Å²) < 4.78 is 5.24. The molecule has 0 radical (unpaired) electrons. The van der Waals surface area contributed by atoms with Crippen LogP contribution in [0, 0.1) is 13.8 Å². The largest absolute Gasteiger partial charge is 0.361 e. The zero-order valence-electron chi connectivity index (χ0n) is 14.8. The van der Waals surface area contributed by atoms with Gasteiger partial charge in [0.05, 0.1) is 22.7 Å². The van der Waals surface area contributed by atoms with E-state index in [0.29, 0.717) is 12.4 Å². The van der Waals surface area contributed by atoms with E-state index in [0.717, 1.165) is 79.3 Å². The highest BCUT2D eigenvalue weighted by Gasteiger charge is 2.24. The van der Waals surface area contributed by atoms with E-state index in [9.17, 15) is 4.79 Å². The minimum Gasteiger partial charge on any atom is -0.361 e. The highest BCUT2D eigenvalue weighted by Crippen LogP contribution is 2.20. The number of aromatic nitrogens is 3. The van der Waals surface area contributed by atoms with Gasteiger partial charge in [0.1, 0.15) is 5.76 Å². The van der Waals surface area contributed by atoms with Gasteiger partial charge in [0.25, 0.3) is 5.56 Å². The summed E-state index contributed by atoms with van der Waals surface area (Å²) in [5.74, 6) is 1.52. The summed E-state index contributed by atoms with van der Waals surface area (Å²) >= 11 is 0. The maximum absolute atomic E-state index is 12.6.